The molecule has 1 aromatic heterocycles. The van der Waals surface area contributed by atoms with E-state index in [2.05, 4.69) is 10.00 Å². The van der Waals surface area contributed by atoms with Gasteiger partial charge in [0.2, 0.25) is 0 Å². The number of piperazine rings is 1. The predicted molar refractivity (Wildman–Crippen MR) is 78.9 cm³/mol. The van der Waals surface area contributed by atoms with Crippen molar-refractivity contribution in [3.63, 3.8) is 0 Å². The van der Waals surface area contributed by atoms with E-state index in [9.17, 15) is 4.79 Å². The van der Waals surface area contributed by atoms with Gasteiger partial charge in [0.05, 0.1) is 18.0 Å². The van der Waals surface area contributed by atoms with Gasteiger partial charge in [0.15, 0.2) is 0 Å². The van der Waals surface area contributed by atoms with Gasteiger partial charge in [0.25, 0.3) is 5.91 Å². The number of aryl methyl sites for hydroxylation is 1. The number of anilines is 1. The summed E-state index contributed by atoms with van der Waals surface area (Å²) in [6.07, 6.45) is 4.23. The number of carbonyl (C=O) groups excluding carboxylic acids is 1. The second-order valence-electron chi connectivity index (χ2n) is 5.80. The number of ether oxygens (including phenoxy) is 1. The molecule has 0 aromatic carbocycles. The summed E-state index contributed by atoms with van der Waals surface area (Å²) in [5.41, 5.74) is 6.76. The average Bonchev–Trinajstić information content (AvgIpc) is 3.09. The zero-order valence-electron chi connectivity index (χ0n) is 12.5. The number of nitrogens with two attached hydrogens (primary N) is 1. The minimum atomic E-state index is -0.0238. The van der Waals surface area contributed by atoms with Crippen molar-refractivity contribution in [3.8, 4) is 0 Å². The molecule has 3 heterocycles. The molecule has 0 spiro atoms. The van der Waals surface area contributed by atoms with Crippen LogP contribution in [0, 0.1) is 0 Å². The van der Waals surface area contributed by atoms with Gasteiger partial charge in [0.1, 0.15) is 5.69 Å². The van der Waals surface area contributed by atoms with Gasteiger partial charge >= 0.3 is 0 Å². The fourth-order valence-electron chi connectivity index (χ4n) is 3.08. The van der Waals surface area contributed by atoms with Crippen LogP contribution in [0.4, 0.5) is 5.69 Å². The van der Waals surface area contributed by atoms with Crippen molar-refractivity contribution in [1.82, 2.24) is 19.6 Å². The number of nitrogens with zero attached hydrogens (tertiary/aromatic N) is 4. The summed E-state index contributed by atoms with van der Waals surface area (Å²) in [6, 6.07) is 0. The van der Waals surface area contributed by atoms with Crippen LogP contribution in [0.2, 0.25) is 0 Å². The van der Waals surface area contributed by atoms with Crippen molar-refractivity contribution < 1.29 is 9.53 Å². The fourth-order valence-corrected chi connectivity index (χ4v) is 3.08. The molecule has 0 aliphatic carbocycles. The van der Waals surface area contributed by atoms with E-state index in [0.717, 1.165) is 45.8 Å². The Morgan fingerprint density at radius 2 is 2.19 bits per heavy atom. The highest BCUT2D eigenvalue weighted by Crippen LogP contribution is 2.17. The summed E-state index contributed by atoms with van der Waals surface area (Å²) in [5.74, 6) is -0.0238. The summed E-state index contributed by atoms with van der Waals surface area (Å²) >= 11 is 0. The zero-order chi connectivity index (χ0) is 14.8. The average molecular weight is 293 g/mol. The van der Waals surface area contributed by atoms with Gasteiger partial charge in [-0.1, -0.05) is 0 Å². The number of carbonyl (C=O) groups is 1. The summed E-state index contributed by atoms with van der Waals surface area (Å²) in [6.45, 7) is 5.12. The summed E-state index contributed by atoms with van der Waals surface area (Å²) < 4.78 is 7.22. The molecule has 2 N–H and O–H groups in total. The van der Waals surface area contributed by atoms with Crippen LogP contribution in [0.15, 0.2) is 6.20 Å². The normalized spacial score (nSPS) is 23.7. The molecule has 2 aliphatic heterocycles. The van der Waals surface area contributed by atoms with Crippen LogP contribution in [0.5, 0.6) is 0 Å². The maximum absolute atomic E-state index is 12.5. The molecule has 7 nitrogen and oxygen atoms in total. The molecule has 0 radical (unpaired) electrons. The summed E-state index contributed by atoms with van der Waals surface area (Å²) in [7, 11) is 1.75. The number of rotatable bonds is 3. The first-order chi connectivity index (χ1) is 10.1. The van der Waals surface area contributed by atoms with Gasteiger partial charge in [0, 0.05) is 46.4 Å². The van der Waals surface area contributed by atoms with E-state index >= 15 is 0 Å². The summed E-state index contributed by atoms with van der Waals surface area (Å²) in [5, 5.41) is 4.03. The van der Waals surface area contributed by atoms with Crippen LogP contribution < -0.4 is 5.73 Å². The lowest BCUT2D eigenvalue weighted by Gasteiger charge is -2.35. The van der Waals surface area contributed by atoms with Crippen LogP contribution in [0.3, 0.4) is 0 Å². The minimum Gasteiger partial charge on any atom is -0.396 e. The van der Waals surface area contributed by atoms with Crippen molar-refractivity contribution in [2.45, 2.75) is 18.9 Å². The Hall–Kier alpha value is -1.60. The Balaban J connectivity index is 1.54. The predicted octanol–water partition coefficient (Wildman–Crippen LogP) is -0.0609. The van der Waals surface area contributed by atoms with E-state index in [4.69, 9.17) is 10.5 Å². The lowest BCUT2D eigenvalue weighted by molar-refractivity contribution is 0.0428. The number of amides is 1. The minimum absolute atomic E-state index is 0.0238. The van der Waals surface area contributed by atoms with E-state index in [1.807, 2.05) is 4.90 Å². The topological polar surface area (TPSA) is 76.6 Å². The molecule has 2 saturated heterocycles. The van der Waals surface area contributed by atoms with Crippen molar-refractivity contribution in [3.05, 3.63) is 11.9 Å². The molecule has 3 rings (SSSR count). The van der Waals surface area contributed by atoms with E-state index in [1.165, 1.54) is 12.6 Å². The fraction of sp³-hybridized carbons (Fsp3) is 0.714. The first kappa shape index (κ1) is 14.3. The van der Waals surface area contributed by atoms with Gasteiger partial charge in [-0.15, -0.1) is 0 Å². The van der Waals surface area contributed by atoms with Crippen molar-refractivity contribution in [2.24, 2.45) is 7.05 Å². The van der Waals surface area contributed by atoms with Gasteiger partial charge in [-0.05, 0) is 12.8 Å². The van der Waals surface area contributed by atoms with Crippen molar-refractivity contribution in [1.29, 1.82) is 0 Å². The Kier molecular flexibility index (Phi) is 4.12. The maximum Gasteiger partial charge on any atom is 0.274 e. The van der Waals surface area contributed by atoms with Crippen molar-refractivity contribution >= 4 is 11.6 Å². The molecular weight excluding hydrogens is 270 g/mol. The molecule has 0 bridgehead atoms. The molecule has 21 heavy (non-hydrogen) atoms. The quantitative estimate of drug-likeness (QED) is 0.845. The second-order valence-corrected chi connectivity index (χ2v) is 5.80. The first-order valence-corrected chi connectivity index (χ1v) is 7.56. The lowest BCUT2D eigenvalue weighted by Crippen LogP contribution is -2.50. The molecule has 1 amide bonds. The standard InChI is InChI=1S/C14H23N5O2/c1-17-13(12(15)9-16-17)14(20)19-6-4-18(5-7-19)10-11-3-2-8-21-11/h9,11H,2-8,10,15H2,1H3. The van der Waals surface area contributed by atoms with E-state index < -0.39 is 0 Å². The SMILES string of the molecule is Cn1ncc(N)c1C(=O)N1CCN(CC2CCCO2)CC1. The van der Waals surface area contributed by atoms with E-state index in [0.29, 0.717) is 17.5 Å². The highest BCUT2D eigenvalue weighted by Gasteiger charge is 2.27. The highest BCUT2D eigenvalue weighted by atomic mass is 16.5. The number of hydrogen-bond donors (Lipinski definition) is 1. The lowest BCUT2D eigenvalue weighted by atomic mass is 10.2. The van der Waals surface area contributed by atoms with Gasteiger partial charge < -0.3 is 15.4 Å². The number of aromatic nitrogens is 2. The first-order valence-electron chi connectivity index (χ1n) is 7.56. The van der Waals surface area contributed by atoms with Gasteiger partial charge in [-0.2, -0.15) is 5.10 Å². The van der Waals surface area contributed by atoms with E-state index in [1.54, 1.807) is 11.7 Å². The Morgan fingerprint density at radius 1 is 1.43 bits per heavy atom. The third-order valence-electron chi connectivity index (χ3n) is 4.31. The van der Waals surface area contributed by atoms with Crippen LogP contribution >= 0.6 is 0 Å². The Morgan fingerprint density at radius 3 is 2.76 bits per heavy atom. The molecule has 2 fully saturated rings. The number of nitrogen functional groups attached to an aromatic ring is 1. The van der Waals surface area contributed by atoms with E-state index in [-0.39, 0.29) is 5.91 Å². The zero-order valence-corrected chi connectivity index (χ0v) is 12.5. The summed E-state index contributed by atoms with van der Waals surface area (Å²) in [4.78, 5) is 16.7. The largest absolute Gasteiger partial charge is 0.396 e. The molecule has 2 aliphatic rings. The van der Waals surface area contributed by atoms with Crippen LogP contribution in [0.25, 0.3) is 0 Å². The Labute approximate surface area is 124 Å². The second kappa shape index (κ2) is 6.03. The van der Waals surface area contributed by atoms with Crippen molar-refractivity contribution in [2.75, 3.05) is 45.1 Å². The van der Waals surface area contributed by atoms with Gasteiger partial charge in [-0.3, -0.25) is 14.4 Å². The monoisotopic (exact) mass is 293 g/mol. The molecule has 0 saturated carbocycles. The molecule has 1 aromatic rings. The molecular formula is C14H23N5O2. The highest BCUT2D eigenvalue weighted by molar-refractivity contribution is 5.97. The molecule has 116 valence electrons. The maximum atomic E-state index is 12.5. The third-order valence-corrected chi connectivity index (χ3v) is 4.31. The van der Waals surface area contributed by atoms with Crippen LogP contribution in [0.1, 0.15) is 23.3 Å². The number of hydrogen-bond acceptors (Lipinski definition) is 5. The molecule has 7 heteroatoms. The Bertz CT molecular complexity index is 482. The van der Waals surface area contributed by atoms with Gasteiger partial charge in [-0.25, -0.2) is 0 Å². The van der Waals surface area contributed by atoms with Crippen LogP contribution in [-0.2, 0) is 11.8 Å². The van der Waals surface area contributed by atoms with Crippen LogP contribution in [-0.4, -0.2) is 70.9 Å². The molecule has 1 unspecified atom stereocenters. The molecule has 1 atom stereocenters. The smallest absolute Gasteiger partial charge is 0.274 e. The third kappa shape index (κ3) is 3.03.